The molecule has 20 heavy (non-hydrogen) atoms. The maximum absolute atomic E-state index is 11.7. The second-order valence-corrected chi connectivity index (χ2v) is 3.76. The zero-order valence-corrected chi connectivity index (χ0v) is 11.4. The van der Waals surface area contributed by atoms with Gasteiger partial charge in [0.05, 0.1) is 32.9 Å². The monoisotopic (exact) mass is 280 g/mol. The second-order valence-electron chi connectivity index (χ2n) is 3.76. The van der Waals surface area contributed by atoms with Crippen LogP contribution in [-0.4, -0.2) is 35.4 Å². The van der Waals surface area contributed by atoms with E-state index in [4.69, 9.17) is 4.74 Å². The molecule has 0 N–H and O–H groups in total. The number of hydrogen-bond donors (Lipinski definition) is 0. The van der Waals surface area contributed by atoms with E-state index >= 15 is 0 Å². The molecule has 0 aliphatic rings. The molecule has 0 saturated heterocycles. The molecular formula is C13H16N2O5. The summed E-state index contributed by atoms with van der Waals surface area (Å²) >= 11 is 0. The van der Waals surface area contributed by atoms with Gasteiger partial charge >= 0.3 is 11.9 Å². The Balaban J connectivity index is 2.70. The Hall–Kier alpha value is -2.44. The Morgan fingerprint density at radius 2 is 2.20 bits per heavy atom. The molecule has 1 aromatic rings. The summed E-state index contributed by atoms with van der Waals surface area (Å²) in [4.78, 5) is 33.8. The lowest BCUT2D eigenvalue weighted by molar-refractivity contribution is -0.141. The van der Waals surface area contributed by atoms with Crippen molar-refractivity contribution in [3.8, 4) is 0 Å². The molecule has 1 rings (SSSR count). The maximum atomic E-state index is 11.7. The second kappa shape index (κ2) is 7.88. The van der Waals surface area contributed by atoms with Crippen LogP contribution in [0.3, 0.4) is 0 Å². The van der Waals surface area contributed by atoms with Crippen molar-refractivity contribution in [3.63, 3.8) is 0 Å². The third kappa shape index (κ3) is 5.05. The lowest BCUT2D eigenvalue weighted by Crippen LogP contribution is -2.23. The quantitative estimate of drug-likeness (QED) is 0.553. The summed E-state index contributed by atoms with van der Waals surface area (Å²) in [7, 11) is 1.28. The molecule has 0 spiro atoms. The minimum Gasteiger partial charge on any atom is -0.469 e. The minimum absolute atomic E-state index is 0.0709. The normalized spacial score (nSPS) is 10.5. The lowest BCUT2D eigenvalue weighted by atomic mass is 10.3. The van der Waals surface area contributed by atoms with Crippen molar-refractivity contribution >= 4 is 18.0 Å². The van der Waals surface area contributed by atoms with Gasteiger partial charge in [-0.3, -0.25) is 9.59 Å². The van der Waals surface area contributed by atoms with Gasteiger partial charge in [0.1, 0.15) is 0 Å². The number of aromatic nitrogens is 2. The molecule has 1 heterocycles. The molecule has 0 saturated carbocycles. The van der Waals surface area contributed by atoms with Crippen molar-refractivity contribution in [1.29, 1.82) is 0 Å². The first-order chi connectivity index (χ1) is 9.56. The van der Waals surface area contributed by atoms with Crippen LogP contribution in [0, 0.1) is 0 Å². The summed E-state index contributed by atoms with van der Waals surface area (Å²) in [5.74, 6) is -0.896. The summed E-state index contributed by atoms with van der Waals surface area (Å²) < 4.78 is 10.3. The average molecular weight is 280 g/mol. The van der Waals surface area contributed by atoms with Crippen LogP contribution in [-0.2, 0) is 25.6 Å². The van der Waals surface area contributed by atoms with Gasteiger partial charge in [0.15, 0.2) is 0 Å². The fraction of sp³-hybridized carbons (Fsp3) is 0.385. The summed E-state index contributed by atoms with van der Waals surface area (Å²) in [6.07, 6.45) is 4.16. The molecule has 0 unspecified atom stereocenters. The SMILES string of the molecule is CCOC(=O)/C=C/c1cnn(CCC(=O)OC)c(=O)c1. The first-order valence-corrected chi connectivity index (χ1v) is 6.05. The summed E-state index contributed by atoms with van der Waals surface area (Å²) in [6.45, 7) is 2.14. The van der Waals surface area contributed by atoms with Crippen LogP contribution in [0.4, 0.5) is 0 Å². The van der Waals surface area contributed by atoms with Crippen LogP contribution < -0.4 is 5.56 Å². The molecule has 0 bridgehead atoms. The summed E-state index contributed by atoms with van der Waals surface area (Å²) in [5, 5.41) is 3.90. The third-order valence-corrected chi connectivity index (χ3v) is 2.34. The molecule has 7 heteroatoms. The van der Waals surface area contributed by atoms with E-state index in [1.807, 2.05) is 0 Å². The number of esters is 2. The van der Waals surface area contributed by atoms with Gasteiger partial charge in [-0.05, 0) is 13.0 Å². The molecule has 7 nitrogen and oxygen atoms in total. The third-order valence-electron chi connectivity index (χ3n) is 2.34. The van der Waals surface area contributed by atoms with Crippen LogP contribution in [0.1, 0.15) is 18.9 Å². The highest BCUT2D eigenvalue weighted by atomic mass is 16.5. The number of aryl methyl sites for hydroxylation is 1. The molecule has 0 aliphatic carbocycles. The van der Waals surface area contributed by atoms with Crippen LogP contribution in [0.15, 0.2) is 23.1 Å². The number of rotatable bonds is 6. The van der Waals surface area contributed by atoms with E-state index in [-0.39, 0.29) is 25.1 Å². The van der Waals surface area contributed by atoms with E-state index in [0.717, 1.165) is 4.68 Å². The number of methoxy groups -OCH3 is 1. The van der Waals surface area contributed by atoms with E-state index in [0.29, 0.717) is 5.56 Å². The molecule has 0 fully saturated rings. The topological polar surface area (TPSA) is 87.5 Å². The minimum atomic E-state index is -0.484. The number of nitrogens with zero attached hydrogens (tertiary/aromatic N) is 2. The molecule has 0 amide bonds. The average Bonchev–Trinajstić information content (AvgIpc) is 2.44. The Morgan fingerprint density at radius 1 is 1.45 bits per heavy atom. The fourth-order valence-corrected chi connectivity index (χ4v) is 1.36. The summed E-state index contributed by atoms with van der Waals surface area (Å²) in [6, 6.07) is 1.32. The van der Waals surface area contributed by atoms with Gasteiger partial charge in [-0.25, -0.2) is 9.48 Å². The zero-order valence-electron chi connectivity index (χ0n) is 11.4. The fourth-order valence-electron chi connectivity index (χ4n) is 1.36. The number of hydrogen-bond acceptors (Lipinski definition) is 6. The number of carbonyl (C=O) groups excluding carboxylic acids is 2. The largest absolute Gasteiger partial charge is 0.469 e. The Bertz CT molecular complexity index is 562. The van der Waals surface area contributed by atoms with Crippen LogP contribution in [0.5, 0.6) is 0 Å². The molecule has 0 aliphatic heterocycles. The first kappa shape index (κ1) is 15.6. The van der Waals surface area contributed by atoms with Gasteiger partial charge in [0.2, 0.25) is 0 Å². The van der Waals surface area contributed by atoms with Gasteiger partial charge in [0, 0.05) is 17.7 Å². The highest BCUT2D eigenvalue weighted by Crippen LogP contribution is 1.97. The van der Waals surface area contributed by atoms with E-state index in [9.17, 15) is 14.4 Å². The van der Waals surface area contributed by atoms with Crippen LogP contribution >= 0.6 is 0 Å². The summed E-state index contributed by atoms with van der Waals surface area (Å²) in [5.41, 5.74) is 0.122. The molecule has 1 aromatic heterocycles. The van der Waals surface area contributed by atoms with E-state index < -0.39 is 11.9 Å². The molecule has 0 atom stereocenters. The van der Waals surface area contributed by atoms with Gasteiger partial charge in [-0.2, -0.15) is 5.10 Å². The van der Waals surface area contributed by atoms with Crippen LogP contribution in [0.25, 0.3) is 6.08 Å². The van der Waals surface area contributed by atoms with Crippen molar-refractivity contribution in [1.82, 2.24) is 9.78 Å². The molecular weight excluding hydrogens is 264 g/mol. The molecule has 0 aromatic carbocycles. The Morgan fingerprint density at radius 3 is 2.80 bits per heavy atom. The highest BCUT2D eigenvalue weighted by Gasteiger charge is 2.04. The maximum Gasteiger partial charge on any atom is 0.330 e. The van der Waals surface area contributed by atoms with Gasteiger partial charge < -0.3 is 9.47 Å². The molecule has 0 radical (unpaired) electrons. The van der Waals surface area contributed by atoms with Crippen molar-refractivity contribution < 1.29 is 19.1 Å². The van der Waals surface area contributed by atoms with E-state index in [1.54, 1.807) is 6.92 Å². The van der Waals surface area contributed by atoms with Crippen molar-refractivity contribution in [2.75, 3.05) is 13.7 Å². The van der Waals surface area contributed by atoms with Crippen molar-refractivity contribution in [2.45, 2.75) is 19.9 Å². The predicted molar refractivity (Wildman–Crippen MR) is 70.8 cm³/mol. The van der Waals surface area contributed by atoms with E-state index in [2.05, 4.69) is 9.84 Å². The van der Waals surface area contributed by atoms with E-state index in [1.165, 1.54) is 31.5 Å². The Labute approximate surface area is 115 Å². The highest BCUT2D eigenvalue weighted by molar-refractivity contribution is 5.86. The van der Waals surface area contributed by atoms with Crippen molar-refractivity contribution in [3.05, 3.63) is 34.3 Å². The molecule has 108 valence electrons. The zero-order chi connectivity index (χ0) is 15.0. The smallest absolute Gasteiger partial charge is 0.330 e. The first-order valence-electron chi connectivity index (χ1n) is 6.05. The van der Waals surface area contributed by atoms with Gasteiger partial charge in [-0.1, -0.05) is 0 Å². The Kier molecular flexibility index (Phi) is 6.15. The standard InChI is InChI=1S/C13H16N2O5/c1-3-20-13(18)5-4-10-8-11(16)15(14-9-10)7-6-12(17)19-2/h4-5,8-9H,3,6-7H2,1-2H3/b5-4+. The number of ether oxygens (including phenoxy) is 2. The van der Waals surface area contributed by atoms with Crippen molar-refractivity contribution in [2.24, 2.45) is 0 Å². The predicted octanol–water partition coefficient (Wildman–Crippen LogP) is 0.383. The van der Waals surface area contributed by atoms with Gasteiger partial charge in [0.25, 0.3) is 5.56 Å². The van der Waals surface area contributed by atoms with Gasteiger partial charge in [-0.15, -0.1) is 0 Å². The number of carbonyl (C=O) groups is 2. The van der Waals surface area contributed by atoms with Crippen LogP contribution in [0.2, 0.25) is 0 Å². The lowest BCUT2D eigenvalue weighted by Gasteiger charge is -2.03.